The van der Waals surface area contributed by atoms with Crippen LogP contribution in [0.1, 0.15) is 76.9 Å². The highest BCUT2D eigenvalue weighted by molar-refractivity contribution is 7.99. The van der Waals surface area contributed by atoms with Crippen LogP contribution in [0.4, 0.5) is 0 Å². The lowest BCUT2D eigenvalue weighted by molar-refractivity contribution is -0.135. The molecule has 0 radical (unpaired) electrons. The Morgan fingerprint density at radius 1 is 1.10 bits per heavy atom. The summed E-state index contributed by atoms with van der Waals surface area (Å²) in [6.45, 7) is 4.79. The van der Waals surface area contributed by atoms with Gasteiger partial charge in [0.1, 0.15) is 5.76 Å². The van der Waals surface area contributed by atoms with E-state index < -0.39 is 0 Å². The minimum Gasteiger partial charge on any atom is -0.469 e. The average molecular weight is 431 g/mol. The molecule has 6 nitrogen and oxygen atoms in total. The Labute approximate surface area is 183 Å². The van der Waals surface area contributed by atoms with Crippen LogP contribution in [0.2, 0.25) is 0 Å². The van der Waals surface area contributed by atoms with Crippen molar-refractivity contribution in [3.63, 3.8) is 0 Å². The first kappa shape index (κ1) is 21.5. The Balaban J connectivity index is 1.48. The molecule has 0 aromatic carbocycles. The number of hydrogen-bond donors (Lipinski definition) is 0. The molecule has 0 bridgehead atoms. The van der Waals surface area contributed by atoms with Gasteiger partial charge < -0.3 is 13.9 Å². The maximum Gasteiger partial charge on any atom is 0.233 e. The van der Waals surface area contributed by atoms with Crippen LogP contribution < -0.4 is 0 Å². The molecule has 4 rings (SSSR count). The molecule has 0 unspecified atom stereocenters. The summed E-state index contributed by atoms with van der Waals surface area (Å²) < 4.78 is 7.53. The van der Waals surface area contributed by atoms with Crippen molar-refractivity contribution in [3.8, 4) is 11.4 Å². The molecule has 0 atom stereocenters. The summed E-state index contributed by atoms with van der Waals surface area (Å²) >= 11 is 1.53. The number of carbonyl (C=O) groups is 1. The minimum atomic E-state index is 0.283. The first-order valence-electron chi connectivity index (χ1n) is 11.6. The van der Waals surface area contributed by atoms with E-state index in [0.29, 0.717) is 17.8 Å². The number of furan rings is 1. The molecule has 0 spiro atoms. The maximum absolute atomic E-state index is 13.4. The number of aryl methyl sites for hydroxylation is 1. The van der Waals surface area contributed by atoms with E-state index in [1.165, 1.54) is 76.0 Å². The number of carbonyl (C=O) groups excluding carboxylic acids is 1. The monoisotopic (exact) mass is 430 g/mol. The molecule has 1 amide bonds. The van der Waals surface area contributed by atoms with Crippen molar-refractivity contribution in [2.75, 3.05) is 5.75 Å². The molecule has 2 fully saturated rings. The molecule has 2 aromatic rings. The van der Waals surface area contributed by atoms with E-state index in [2.05, 4.69) is 26.6 Å². The van der Waals surface area contributed by atoms with Gasteiger partial charge in [-0.2, -0.15) is 0 Å². The Hall–Kier alpha value is -1.76. The van der Waals surface area contributed by atoms with Gasteiger partial charge in [0.05, 0.1) is 17.6 Å². The van der Waals surface area contributed by atoms with Crippen molar-refractivity contribution in [1.82, 2.24) is 19.7 Å². The molecular formula is C23H34N4O2S. The van der Waals surface area contributed by atoms with E-state index in [1.54, 1.807) is 6.26 Å². The molecule has 2 aromatic heterocycles. The molecule has 2 heterocycles. The Bertz CT molecular complexity index is 816. The van der Waals surface area contributed by atoms with Crippen molar-refractivity contribution < 1.29 is 9.21 Å². The van der Waals surface area contributed by atoms with Crippen LogP contribution in [-0.4, -0.2) is 43.4 Å². The molecule has 0 aliphatic heterocycles. The Morgan fingerprint density at radius 3 is 2.27 bits per heavy atom. The van der Waals surface area contributed by atoms with E-state index >= 15 is 0 Å². The molecule has 2 aliphatic carbocycles. The van der Waals surface area contributed by atoms with Gasteiger partial charge in [0.25, 0.3) is 0 Å². The topological polar surface area (TPSA) is 64.2 Å². The highest BCUT2D eigenvalue weighted by atomic mass is 32.2. The minimum absolute atomic E-state index is 0.283. The van der Waals surface area contributed by atoms with Crippen molar-refractivity contribution in [2.24, 2.45) is 0 Å². The number of rotatable bonds is 7. The van der Waals surface area contributed by atoms with Crippen LogP contribution in [0, 0.1) is 6.92 Å². The number of nitrogens with zero attached hydrogens (tertiary/aromatic N) is 4. The second-order valence-corrected chi connectivity index (χ2v) is 9.56. The summed E-state index contributed by atoms with van der Waals surface area (Å²) in [6.07, 6.45) is 14.0. The van der Waals surface area contributed by atoms with Gasteiger partial charge in [-0.25, -0.2) is 0 Å². The summed E-state index contributed by atoms with van der Waals surface area (Å²) in [5.74, 6) is 2.38. The molecule has 30 heavy (non-hydrogen) atoms. The summed E-state index contributed by atoms with van der Waals surface area (Å²) in [5.41, 5.74) is 0.966. The van der Waals surface area contributed by atoms with Gasteiger partial charge in [-0.15, -0.1) is 10.2 Å². The SMILES string of the molecule is CCn1c(SCC(=O)N(C2CCCCC2)C2CCCCC2)nnc1-c1ccoc1C. The number of amides is 1. The third kappa shape index (κ3) is 4.61. The van der Waals surface area contributed by atoms with Gasteiger partial charge in [-0.05, 0) is 45.6 Å². The van der Waals surface area contributed by atoms with Gasteiger partial charge in [-0.1, -0.05) is 50.3 Å². The third-order valence-corrected chi connectivity index (χ3v) is 7.63. The molecule has 164 valence electrons. The lowest BCUT2D eigenvalue weighted by atomic mass is 9.88. The molecular weight excluding hydrogens is 396 g/mol. The fourth-order valence-electron chi connectivity index (χ4n) is 5.12. The summed E-state index contributed by atoms with van der Waals surface area (Å²) in [6, 6.07) is 2.80. The Kier molecular flexibility index (Phi) is 7.18. The lowest BCUT2D eigenvalue weighted by Gasteiger charge is -2.41. The van der Waals surface area contributed by atoms with Crippen LogP contribution in [0.3, 0.4) is 0 Å². The molecule has 7 heteroatoms. The van der Waals surface area contributed by atoms with Gasteiger partial charge >= 0.3 is 0 Å². The summed E-state index contributed by atoms with van der Waals surface area (Å²) in [5, 5.41) is 9.62. The zero-order valence-corrected chi connectivity index (χ0v) is 19.1. The van der Waals surface area contributed by atoms with E-state index in [9.17, 15) is 4.79 Å². The van der Waals surface area contributed by atoms with Crippen LogP contribution in [0.25, 0.3) is 11.4 Å². The number of hydrogen-bond acceptors (Lipinski definition) is 5. The second-order valence-electron chi connectivity index (χ2n) is 8.61. The highest BCUT2D eigenvalue weighted by Gasteiger charge is 2.32. The summed E-state index contributed by atoms with van der Waals surface area (Å²) in [7, 11) is 0. The fraction of sp³-hybridized carbons (Fsp3) is 0.696. The Morgan fingerprint density at radius 2 is 1.73 bits per heavy atom. The van der Waals surface area contributed by atoms with Crippen LogP contribution in [0.15, 0.2) is 21.9 Å². The van der Waals surface area contributed by atoms with Crippen molar-refractivity contribution in [1.29, 1.82) is 0 Å². The second kappa shape index (κ2) is 10.0. The standard InChI is InChI=1S/C23H34N4O2S/c1-3-26-22(20-14-15-29-17(20)2)24-25-23(26)30-16-21(28)27(18-10-6-4-7-11-18)19-12-8-5-9-13-19/h14-15,18-19H,3-13,16H2,1-2H3. The lowest BCUT2D eigenvalue weighted by Crippen LogP contribution is -2.49. The zero-order chi connectivity index (χ0) is 20.9. The van der Waals surface area contributed by atoms with Crippen LogP contribution in [0.5, 0.6) is 0 Å². The first-order valence-corrected chi connectivity index (χ1v) is 12.6. The predicted molar refractivity (Wildman–Crippen MR) is 119 cm³/mol. The van der Waals surface area contributed by atoms with Gasteiger partial charge in [0.2, 0.25) is 5.91 Å². The quantitative estimate of drug-likeness (QED) is 0.546. The van der Waals surface area contributed by atoms with Gasteiger partial charge in [0, 0.05) is 18.6 Å². The molecule has 0 N–H and O–H groups in total. The zero-order valence-electron chi connectivity index (χ0n) is 18.3. The van der Waals surface area contributed by atoms with Crippen molar-refractivity contribution in [3.05, 3.63) is 18.1 Å². The largest absolute Gasteiger partial charge is 0.469 e. The average Bonchev–Trinajstić information content (AvgIpc) is 3.39. The van der Waals surface area contributed by atoms with Gasteiger partial charge in [0.15, 0.2) is 11.0 Å². The molecule has 0 saturated heterocycles. The third-order valence-electron chi connectivity index (χ3n) is 6.68. The fourth-order valence-corrected chi connectivity index (χ4v) is 5.99. The normalized spacial score (nSPS) is 18.6. The van der Waals surface area contributed by atoms with Gasteiger partial charge in [-0.3, -0.25) is 4.79 Å². The predicted octanol–water partition coefficient (Wildman–Crippen LogP) is 5.45. The first-order chi connectivity index (χ1) is 14.7. The van der Waals surface area contributed by atoms with Crippen molar-refractivity contribution in [2.45, 2.75) is 102 Å². The maximum atomic E-state index is 13.4. The van der Waals surface area contributed by atoms with E-state index in [-0.39, 0.29) is 5.91 Å². The van der Waals surface area contributed by atoms with E-state index in [0.717, 1.165) is 28.8 Å². The van der Waals surface area contributed by atoms with E-state index in [1.807, 2.05) is 13.0 Å². The van der Waals surface area contributed by atoms with E-state index in [4.69, 9.17) is 4.42 Å². The van der Waals surface area contributed by atoms with Crippen LogP contribution in [-0.2, 0) is 11.3 Å². The summed E-state index contributed by atoms with van der Waals surface area (Å²) in [4.78, 5) is 15.7. The number of aromatic nitrogens is 3. The highest BCUT2D eigenvalue weighted by Crippen LogP contribution is 2.32. The molecule has 2 saturated carbocycles. The number of thioether (sulfide) groups is 1. The van der Waals surface area contributed by atoms with Crippen molar-refractivity contribution >= 4 is 17.7 Å². The smallest absolute Gasteiger partial charge is 0.233 e. The molecule has 2 aliphatic rings. The van der Waals surface area contributed by atoms with Crippen LogP contribution >= 0.6 is 11.8 Å².